The number of aliphatic carboxylic acids is 1. The van der Waals surface area contributed by atoms with Gasteiger partial charge >= 0.3 is 12.3 Å². The second-order valence-electron chi connectivity index (χ2n) is 8.17. The zero-order chi connectivity index (χ0) is 23.1. The molecule has 1 amide bonds. The van der Waals surface area contributed by atoms with Crippen LogP contribution in [0.3, 0.4) is 0 Å². The van der Waals surface area contributed by atoms with Crippen molar-refractivity contribution in [1.29, 1.82) is 0 Å². The van der Waals surface area contributed by atoms with Gasteiger partial charge in [-0.15, -0.1) is 13.2 Å². The highest BCUT2D eigenvalue weighted by atomic mass is 19.4. The van der Waals surface area contributed by atoms with Crippen LogP contribution in [0.25, 0.3) is 17.2 Å². The Bertz CT molecular complexity index is 1090. The van der Waals surface area contributed by atoms with Gasteiger partial charge in [-0.05, 0) is 53.5 Å². The van der Waals surface area contributed by atoms with Crippen molar-refractivity contribution in [3.8, 4) is 16.9 Å². The van der Waals surface area contributed by atoms with Crippen molar-refractivity contribution in [3.05, 3.63) is 53.1 Å². The van der Waals surface area contributed by atoms with Crippen LogP contribution < -0.4 is 9.64 Å². The van der Waals surface area contributed by atoms with Gasteiger partial charge in [0.05, 0.1) is 0 Å². The summed E-state index contributed by atoms with van der Waals surface area (Å²) in [6.45, 7) is 5.68. The van der Waals surface area contributed by atoms with E-state index in [1.54, 1.807) is 20.0 Å². The molecule has 0 saturated heterocycles. The first-order chi connectivity index (χ1) is 14.3. The van der Waals surface area contributed by atoms with Gasteiger partial charge < -0.3 is 14.7 Å². The fourth-order valence-corrected chi connectivity index (χ4v) is 3.78. The van der Waals surface area contributed by atoms with Crippen LogP contribution in [-0.2, 0) is 15.0 Å². The first kappa shape index (κ1) is 22.4. The van der Waals surface area contributed by atoms with Crippen LogP contribution in [-0.4, -0.2) is 30.4 Å². The second kappa shape index (κ2) is 7.76. The maximum absolute atomic E-state index is 13.0. The Balaban J connectivity index is 2.24. The molecule has 0 fully saturated rings. The van der Waals surface area contributed by atoms with Gasteiger partial charge in [0.1, 0.15) is 5.75 Å². The highest BCUT2D eigenvalue weighted by Gasteiger charge is 2.36. The number of hydrogen-bond donors (Lipinski definition) is 1. The van der Waals surface area contributed by atoms with Gasteiger partial charge in [-0.25, -0.2) is 4.79 Å². The number of ether oxygens (including phenoxy) is 1. The number of carbonyl (C=O) groups is 2. The molecule has 0 atom stereocenters. The summed E-state index contributed by atoms with van der Waals surface area (Å²) in [6.07, 6.45) is -2.38. The smallest absolute Gasteiger partial charge is 0.478 e. The van der Waals surface area contributed by atoms with E-state index in [1.807, 2.05) is 19.9 Å². The summed E-state index contributed by atoms with van der Waals surface area (Å²) < 4.78 is 43.3. The SMILES string of the molecule is Cc1cc2c(cc1-c1cc(/C=C/C(=O)O)ccc1OC(F)(F)F)N(C)C(=O)CC2(C)C. The largest absolute Gasteiger partial charge is 0.573 e. The van der Waals surface area contributed by atoms with Crippen LogP contribution in [0, 0.1) is 6.92 Å². The summed E-state index contributed by atoms with van der Waals surface area (Å²) in [6, 6.07) is 7.50. The number of fused-ring (bicyclic) bond motifs is 1. The highest BCUT2D eigenvalue weighted by Crippen LogP contribution is 2.45. The monoisotopic (exact) mass is 433 g/mol. The second-order valence-corrected chi connectivity index (χ2v) is 8.17. The molecule has 0 unspecified atom stereocenters. The molecule has 0 aromatic heterocycles. The van der Waals surface area contributed by atoms with Crippen molar-refractivity contribution < 1.29 is 32.6 Å². The lowest BCUT2D eigenvalue weighted by Gasteiger charge is -2.37. The number of hydrogen-bond acceptors (Lipinski definition) is 3. The predicted molar refractivity (Wildman–Crippen MR) is 111 cm³/mol. The van der Waals surface area contributed by atoms with Crippen LogP contribution >= 0.6 is 0 Å². The number of carboxylic acids is 1. The van der Waals surface area contributed by atoms with E-state index >= 15 is 0 Å². The Hall–Kier alpha value is -3.29. The summed E-state index contributed by atoms with van der Waals surface area (Å²) >= 11 is 0. The number of carbonyl (C=O) groups excluding carboxylic acids is 1. The normalized spacial score (nSPS) is 15.8. The highest BCUT2D eigenvalue weighted by molar-refractivity contribution is 5.98. The molecule has 8 heteroatoms. The molecular weight excluding hydrogens is 411 g/mol. The third-order valence-corrected chi connectivity index (χ3v) is 5.34. The van der Waals surface area contributed by atoms with Gasteiger partial charge in [0, 0.05) is 36.2 Å². The molecule has 0 aliphatic carbocycles. The molecular formula is C23H22F3NO4. The molecule has 3 rings (SSSR count). The minimum absolute atomic E-state index is 0.0859. The Labute approximate surface area is 177 Å². The van der Waals surface area contributed by atoms with Crippen molar-refractivity contribution in [3.63, 3.8) is 0 Å². The molecule has 31 heavy (non-hydrogen) atoms. The molecule has 2 aromatic carbocycles. The zero-order valence-electron chi connectivity index (χ0n) is 17.5. The molecule has 5 nitrogen and oxygen atoms in total. The van der Waals surface area contributed by atoms with E-state index in [2.05, 4.69) is 4.74 Å². The van der Waals surface area contributed by atoms with E-state index in [9.17, 15) is 22.8 Å². The minimum atomic E-state index is -4.90. The molecule has 0 bridgehead atoms. The van der Waals surface area contributed by atoms with Gasteiger partial charge in [-0.3, -0.25) is 4.79 Å². The summed E-state index contributed by atoms with van der Waals surface area (Å²) in [5, 5.41) is 8.85. The lowest BCUT2D eigenvalue weighted by atomic mass is 9.76. The molecule has 1 N–H and O–H groups in total. The fraction of sp³-hybridized carbons (Fsp3) is 0.304. The number of anilines is 1. The molecule has 0 saturated carbocycles. The quantitative estimate of drug-likeness (QED) is 0.665. The molecule has 1 aliphatic heterocycles. The van der Waals surface area contributed by atoms with Gasteiger partial charge in [-0.1, -0.05) is 26.0 Å². The third kappa shape index (κ3) is 4.73. The lowest BCUT2D eigenvalue weighted by Crippen LogP contribution is -2.39. The molecule has 0 radical (unpaired) electrons. The average molecular weight is 433 g/mol. The van der Waals surface area contributed by atoms with Gasteiger partial charge in [-0.2, -0.15) is 0 Å². The summed E-state index contributed by atoms with van der Waals surface area (Å²) in [5.41, 5.74) is 2.84. The van der Waals surface area contributed by atoms with Crippen LogP contribution in [0.5, 0.6) is 5.75 Å². The van der Waals surface area contributed by atoms with E-state index in [-0.39, 0.29) is 11.5 Å². The Morgan fingerprint density at radius 1 is 1.19 bits per heavy atom. The minimum Gasteiger partial charge on any atom is -0.478 e. The number of halogens is 3. The topological polar surface area (TPSA) is 66.8 Å². The van der Waals surface area contributed by atoms with Gasteiger partial charge in [0.2, 0.25) is 5.91 Å². The van der Waals surface area contributed by atoms with E-state index in [1.165, 1.54) is 23.1 Å². The lowest BCUT2D eigenvalue weighted by molar-refractivity contribution is -0.274. The molecule has 164 valence electrons. The standard InChI is InChI=1S/C23H22F3NO4/c1-13-9-17-18(27(4)20(28)12-22(17,2)3)11-15(13)16-10-14(6-8-21(29)30)5-7-19(16)31-23(24,25)26/h5-11H,12H2,1-4H3,(H,29,30)/b8-6+. The Morgan fingerprint density at radius 2 is 1.87 bits per heavy atom. The number of benzene rings is 2. The molecule has 1 aliphatic rings. The van der Waals surface area contributed by atoms with Crippen LogP contribution in [0.1, 0.15) is 37.0 Å². The number of rotatable bonds is 4. The van der Waals surface area contributed by atoms with Crippen molar-refractivity contribution in [2.24, 2.45) is 0 Å². The number of nitrogens with zero attached hydrogens (tertiary/aromatic N) is 1. The van der Waals surface area contributed by atoms with Crippen LogP contribution in [0.15, 0.2) is 36.4 Å². The van der Waals surface area contributed by atoms with Crippen molar-refractivity contribution in [2.45, 2.75) is 39.0 Å². The number of amides is 1. The molecule has 1 heterocycles. The van der Waals surface area contributed by atoms with E-state index in [0.717, 1.165) is 17.7 Å². The third-order valence-electron chi connectivity index (χ3n) is 5.34. The number of aryl methyl sites for hydroxylation is 1. The van der Waals surface area contributed by atoms with Gasteiger partial charge in [0.15, 0.2) is 0 Å². The maximum Gasteiger partial charge on any atom is 0.573 e. The van der Waals surface area contributed by atoms with Crippen LogP contribution in [0.4, 0.5) is 18.9 Å². The summed E-state index contributed by atoms with van der Waals surface area (Å²) in [7, 11) is 1.63. The molecule has 0 spiro atoms. The fourth-order valence-electron chi connectivity index (χ4n) is 3.78. The average Bonchev–Trinajstić information content (AvgIpc) is 2.64. The van der Waals surface area contributed by atoms with Crippen LogP contribution in [0.2, 0.25) is 0 Å². The van der Waals surface area contributed by atoms with Crippen molar-refractivity contribution in [2.75, 3.05) is 11.9 Å². The Morgan fingerprint density at radius 3 is 2.48 bits per heavy atom. The number of alkyl halides is 3. The van der Waals surface area contributed by atoms with Crippen molar-refractivity contribution >= 4 is 23.6 Å². The number of carboxylic acid groups (broad SMARTS) is 1. The maximum atomic E-state index is 13.0. The molecule has 2 aromatic rings. The van der Waals surface area contributed by atoms with E-state index in [4.69, 9.17) is 5.11 Å². The first-order valence-electron chi connectivity index (χ1n) is 9.51. The van der Waals surface area contributed by atoms with Crippen molar-refractivity contribution in [1.82, 2.24) is 0 Å². The van der Waals surface area contributed by atoms with E-state index in [0.29, 0.717) is 28.8 Å². The first-order valence-corrected chi connectivity index (χ1v) is 9.51. The Kier molecular flexibility index (Phi) is 5.60. The summed E-state index contributed by atoms with van der Waals surface area (Å²) in [4.78, 5) is 24.8. The van der Waals surface area contributed by atoms with E-state index < -0.39 is 23.5 Å². The summed E-state index contributed by atoms with van der Waals surface area (Å²) in [5.74, 6) is -1.67. The van der Waals surface area contributed by atoms with Gasteiger partial charge in [0.25, 0.3) is 0 Å². The zero-order valence-corrected chi connectivity index (χ0v) is 17.5. The predicted octanol–water partition coefficient (Wildman–Crippen LogP) is 5.30.